The van der Waals surface area contributed by atoms with Crippen molar-refractivity contribution in [1.82, 2.24) is 10.2 Å². The summed E-state index contributed by atoms with van der Waals surface area (Å²) in [5.74, 6) is 2.27. The zero-order chi connectivity index (χ0) is 23.9. The number of benzene rings is 2. The SMILES string of the molecule is CCOc1c(C)cc(-c2ccc3c(c2)OCCC3(C)NC(=O)O[C@H]2CN3CCC2CC3)cc1C. The second-order valence-electron chi connectivity index (χ2n) is 10.2. The highest BCUT2D eigenvalue weighted by Crippen LogP contribution is 2.40. The van der Waals surface area contributed by atoms with E-state index >= 15 is 0 Å². The number of carbonyl (C=O) groups is 1. The summed E-state index contributed by atoms with van der Waals surface area (Å²) >= 11 is 0. The van der Waals surface area contributed by atoms with Gasteiger partial charge in [-0.05, 0) is 100.0 Å². The minimum absolute atomic E-state index is 0.000995. The van der Waals surface area contributed by atoms with Crippen LogP contribution in [-0.2, 0) is 10.3 Å². The maximum Gasteiger partial charge on any atom is 0.408 e. The van der Waals surface area contributed by atoms with Crippen LogP contribution >= 0.6 is 0 Å². The molecule has 0 saturated carbocycles. The first-order chi connectivity index (χ1) is 16.4. The molecule has 2 atom stereocenters. The molecule has 4 heterocycles. The number of nitrogens with zero attached hydrogens (tertiary/aromatic N) is 1. The molecule has 1 unspecified atom stereocenters. The van der Waals surface area contributed by atoms with Gasteiger partial charge in [0.25, 0.3) is 0 Å². The highest BCUT2D eigenvalue weighted by molar-refractivity contribution is 5.72. The van der Waals surface area contributed by atoms with E-state index in [1.165, 1.54) is 0 Å². The zero-order valence-electron chi connectivity index (χ0n) is 20.8. The van der Waals surface area contributed by atoms with Crippen LogP contribution in [0.2, 0.25) is 0 Å². The van der Waals surface area contributed by atoms with E-state index < -0.39 is 5.54 Å². The summed E-state index contributed by atoms with van der Waals surface area (Å²) in [4.78, 5) is 15.3. The highest BCUT2D eigenvalue weighted by atomic mass is 16.6. The Morgan fingerprint density at radius 2 is 1.88 bits per heavy atom. The van der Waals surface area contributed by atoms with E-state index in [1.807, 2.05) is 6.92 Å². The lowest BCUT2D eigenvalue weighted by Gasteiger charge is -2.44. The van der Waals surface area contributed by atoms with Crippen LogP contribution in [0, 0.1) is 19.8 Å². The van der Waals surface area contributed by atoms with Crippen molar-refractivity contribution in [1.29, 1.82) is 0 Å². The van der Waals surface area contributed by atoms with Crippen LogP contribution in [-0.4, -0.2) is 49.9 Å². The number of amides is 1. The van der Waals surface area contributed by atoms with Gasteiger partial charge >= 0.3 is 6.09 Å². The van der Waals surface area contributed by atoms with Crippen molar-refractivity contribution in [3.8, 4) is 22.6 Å². The lowest BCUT2D eigenvalue weighted by molar-refractivity contribution is -0.0358. The standard InChI is InChI=1S/C28H36N2O4/c1-5-32-26-18(2)14-22(15-19(26)3)21-6-7-23-24(16-21)33-13-10-28(23,4)29-27(31)34-25-17-30-11-8-20(25)9-12-30/h6-7,14-16,20,25H,5,8-13,17H2,1-4H3,(H,29,31)/t25-,28?/m0/s1. The lowest BCUT2D eigenvalue weighted by Crippen LogP contribution is -2.54. The number of hydrogen-bond acceptors (Lipinski definition) is 5. The van der Waals surface area contributed by atoms with Crippen LogP contribution in [0.25, 0.3) is 11.1 Å². The van der Waals surface area contributed by atoms with Crippen LogP contribution in [0.3, 0.4) is 0 Å². The summed E-state index contributed by atoms with van der Waals surface area (Å²) in [6.45, 7) is 12.6. The number of alkyl carbamates (subject to hydrolysis) is 1. The molecule has 3 fully saturated rings. The molecule has 1 amide bonds. The van der Waals surface area contributed by atoms with E-state index in [-0.39, 0.29) is 12.2 Å². The van der Waals surface area contributed by atoms with E-state index in [9.17, 15) is 4.79 Å². The van der Waals surface area contributed by atoms with Crippen molar-refractivity contribution in [2.45, 2.75) is 58.6 Å². The topological polar surface area (TPSA) is 60.0 Å². The van der Waals surface area contributed by atoms with Crippen molar-refractivity contribution in [2.24, 2.45) is 5.92 Å². The Bertz CT molecular complexity index is 1050. The molecule has 2 aromatic carbocycles. The van der Waals surface area contributed by atoms with Gasteiger partial charge in [-0.15, -0.1) is 0 Å². The number of piperidine rings is 3. The Kier molecular flexibility index (Phi) is 6.19. The fourth-order valence-corrected chi connectivity index (χ4v) is 5.83. The third-order valence-corrected chi connectivity index (χ3v) is 7.75. The Balaban J connectivity index is 1.34. The highest BCUT2D eigenvalue weighted by Gasteiger charge is 2.39. The Labute approximate surface area is 202 Å². The number of ether oxygens (including phenoxy) is 3. The van der Waals surface area contributed by atoms with Gasteiger partial charge in [0, 0.05) is 18.5 Å². The van der Waals surface area contributed by atoms with E-state index in [0.29, 0.717) is 25.6 Å². The van der Waals surface area contributed by atoms with Gasteiger partial charge < -0.3 is 19.5 Å². The van der Waals surface area contributed by atoms with E-state index in [0.717, 1.165) is 71.8 Å². The minimum atomic E-state index is -0.526. The molecule has 0 radical (unpaired) electrons. The molecular weight excluding hydrogens is 428 g/mol. The minimum Gasteiger partial charge on any atom is -0.493 e. The van der Waals surface area contributed by atoms with Gasteiger partial charge in [0.15, 0.2) is 0 Å². The third kappa shape index (κ3) is 4.36. The molecule has 1 N–H and O–H groups in total. The van der Waals surface area contributed by atoms with Crippen molar-refractivity contribution in [3.63, 3.8) is 0 Å². The van der Waals surface area contributed by atoms with E-state index in [2.05, 4.69) is 61.3 Å². The van der Waals surface area contributed by atoms with Gasteiger partial charge in [0.05, 0.1) is 18.8 Å². The quantitative estimate of drug-likeness (QED) is 0.660. The molecule has 2 bridgehead atoms. The first-order valence-corrected chi connectivity index (χ1v) is 12.6. The van der Waals surface area contributed by atoms with Crippen molar-refractivity contribution in [3.05, 3.63) is 47.0 Å². The van der Waals surface area contributed by atoms with Crippen LogP contribution < -0.4 is 14.8 Å². The van der Waals surface area contributed by atoms with Crippen molar-refractivity contribution < 1.29 is 19.0 Å². The van der Waals surface area contributed by atoms with Crippen molar-refractivity contribution >= 4 is 6.09 Å². The zero-order valence-corrected chi connectivity index (χ0v) is 20.8. The molecule has 4 aliphatic rings. The largest absolute Gasteiger partial charge is 0.493 e. The maximum atomic E-state index is 12.9. The van der Waals surface area contributed by atoms with Gasteiger partial charge in [-0.2, -0.15) is 0 Å². The van der Waals surface area contributed by atoms with E-state index in [4.69, 9.17) is 14.2 Å². The lowest BCUT2D eigenvalue weighted by atomic mass is 9.85. The molecule has 6 heteroatoms. The van der Waals surface area contributed by atoms with Gasteiger partial charge in [0.2, 0.25) is 0 Å². The molecule has 0 spiro atoms. The molecule has 2 aromatic rings. The molecular formula is C28H36N2O4. The smallest absolute Gasteiger partial charge is 0.408 e. The second-order valence-corrected chi connectivity index (χ2v) is 10.2. The third-order valence-electron chi connectivity index (χ3n) is 7.75. The fraction of sp³-hybridized carbons (Fsp3) is 0.536. The first kappa shape index (κ1) is 23.0. The van der Waals surface area contributed by atoms with Crippen LogP contribution in [0.15, 0.2) is 30.3 Å². The number of fused-ring (bicyclic) bond motifs is 4. The molecule has 0 aliphatic carbocycles. The van der Waals surface area contributed by atoms with Crippen LogP contribution in [0.5, 0.6) is 11.5 Å². The van der Waals surface area contributed by atoms with Gasteiger partial charge in [-0.25, -0.2) is 4.79 Å². The number of nitrogens with one attached hydrogen (secondary N) is 1. The number of rotatable bonds is 5. The first-order valence-electron chi connectivity index (χ1n) is 12.6. The molecule has 6 rings (SSSR count). The Morgan fingerprint density at radius 3 is 2.53 bits per heavy atom. The number of hydrogen-bond donors (Lipinski definition) is 1. The fourth-order valence-electron chi connectivity index (χ4n) is 5.83. The predicted octanol–water partition coefficient (Wildman–Crippen LogP) is 5.19. The molecule has 3 saturated heterocycles. The Hall–Kier alpha value is -2.73. The normalized spacial score (nSPS) is 27.5. The summed E-state index contributed by atoms with van der Waals surface area (Å²) < 4.78 is 17.8. The predicted molar refractivity (Wildman–Crippen MR) is 133 cm³/mol. The number of aryl methyl sites for hydroxylation is 2. The van der Waals surface area contributed by atoms with Crippen LogP contribution in [0.1, 0.15) is 49.8 Å². The monoisotopic (exact) mass is 464 g/mol. The summed E-state index contributed by atoms with van der Waals surface area (Å²) in [5, 5.41) is 3.18. The second kappa shape index (κ2) is 9.14. The molecule has 0 aromatic heterocycles. The van der Waals surface area contributed by atoms with Gasteiger partial charge in [-0.3, -0.25) is 4.90 Å². The summed E-state index contributed by atoms with van der Waals surface area (Å²) in [7, 11) is 0. The van der Waals surface area contributed by atoms with Gasteiger partial charge in [-0.1, -0.05) is 12.1 Å². The van der Waals surface area contributed by atoms with Crippen LogP contribution in [0.4, 0.5) is 4.79 Å². The maximum absolute atomic E-state index is 12.9. The molecule has 182 valence electrons. The number of carbonyl (C=O) groups excluding carboxylic acids is 1. The average Bonchev–Trinajstić information content (AvgIpc) is 2.82. The molecule has 6 nitrogen and oxygen atoms in total. The summed E-state index contributed by atoms with van der Waals surface area (Å²) in [6.07, 6.45) is 2.63. The summed E-state index contributed by atoms with van der Waals surface area (Å²) in [5.41, 5.74) is 4.93. The van der Waals surface area contributed by atoms with E-state index in [1.54, 1.807) is 0 Å². The Morgan fingerprint density at radius 1 is 1.15 bits per heavy atom. The molecule has 4 aliphatic heterocycles. The molecule has 34 heavy (non-hydrogen) atoms. The average molecular weight is 465 g/mol. The summed E-state index contributed by atoms with van der Waals surface area (Å²) in [6, 6.07) is 10.6. The van der Waals surface area contributed by atoms with Crippen molar-refractivity contribution in [2.75, 3.05) is 32.8 Å². The van der Waals surface area contributed by atoms with Gasteiger partial charge in [0.1, 0.15) is 17.6 Å².